The van der Waals surface area contributed by atoms with Crippen molar-refractivity contribution in [1.82, 2.24) is 0 Å². The highest BCUT2D eigenvalue weighted by Gasteiger charge is 2.37. The van der Waals surface area contributed by atoms with Crippen LogP contribution in [0.4, 0.5) is 18.9 Å². The zero-order valence-electron chi connectivity index (χ0n) is 12.3. The number of alkyl halides is 3. The van der Waals surface area contributed by atoms with Gasteiger partial charge in [0.05, 0.1) is 17.2 Å². The fourth-order valence-electron chi connectivity index (χ4n) is 1.91. The van der Waals surface area contributed by atoms with E-state index in [0.29, 0.717) is 0 Å². The summed E-state index contributed by atoms with van der Waals surface area (Å²) in [6.45, 7) is 1.31. The second kappa shape index (κ2) is 7.17. The highest BCUT2D eigenvalue weighted by Crippen LogP contribution is 2.30. The summed E-state index contributed by atoms with van der Waals surface area (Å²) in [4.78, 5) is 12.1. The van der Waals surface area contributed by atoms with Crippen LogP contribution in [0.1, 0.15) is 25.3 Å². The standard InChI is InChI=1S/C16H15F3N2O2/c1-3-4-9-15(2,23)13(10-20)14(22)21-12-7-5-11(6-8-12)16(17,18)19/h1,5-8,13,23H,4,9H2,2H3,(H,21,22). The van der Waals surface area contributed by atoms with Crippen LogP contribution in [0.3, 0.4) is 0 Å². The summed E-state index contributed by atoms with van der Waals surface area (Å²) < 4.78 is 37.4. The minimum Gasteiger partial charge on any atom is -0.388 e. The van der Waals surface area contributed by atoms with Gasteiger partial charge < -0.3 is 10.4 Å². The van der Waals surface area contributed by atoms with Gasteiger partial charge >= 0.3 is 6.18 Å². The fraction of sp³-hybridized carbons (Fsp3) is 0.375. The molecular formula is C16H15F3N2O2. The predicted octanol–water partition coefficient (Wildman–Crippen LogP) is 2.95. The smallest absolute Gasteiger partial charge is 0.388 e. The van der Waals surface area contributed by atoms with E-state index in [2.05, 4.69) is 11.2 Å². The molecule has 1 amide bonds. The average molecular weight is 324 g/mol. The molecule has 2 N–H and O–H groups in total. The first-order valence-corrected chi connectivity index (χ1v) is 6.65. The van der Waals surface area contributed by atoms with Crippen LogP contribution in [0, 0.1) is 29.6 Å². The van der Waals surface area contributed by atoms with Gasteiger partial charge in [0.1, 0.15) is 0 Å². The number of anilines is 1. The molecule has 0 saturated heterocycles. The number of nitrogens with zero attached hydrogens (tertiary/aromatic N) is 1. The lowest BCUT2D eigenvalue weighted by Crippen LogP contribution is -2.41. The van der Waals surface area contributed by atoms with Gasteiger partial charge in [-0.05, 0) is 37.6 Å². The van der Waals surface area contributed by atoms with Crippen molar-refractivity contribution in [3.05, 3.63) is 29.8 Å². The van der Waals surface area contributed by atoms with E-state index in [0.717, 1.165) is 24.3 Å². The van der Waals surface area contributed by atoms with Gasteiger partial charge in [-0.2, -0.15) is 18.4 Å². The molecule has 0 bridgehead atoms. The molecule has 2 atom stereocenters. The lowest BCUT2D eigenvalue weighted by molar-refractivity contribution is -0.137. The summed E-state index contributed by atoms with van der Waals surface area (Å²) in [5.41, 5.74) is -2.40. The molecule has 0 aliphatic carbocycles. The molecular weight excluding hydrogens is 309 g/mol. The van der Waals surface area contributed by atoms with Crippen molar-refractivity contribution in [3.63, 3.8) is 0 Å². The quantitative estimate of drug-likeness (QED) is 0.818. The van der Waals surface area contributed by atoms with Gasteiger partial charge in [0.15, 0.2) is 5.92 Å². The van der Waals surface area contributed by atoms with Crippen LogP contribution in [0.2, 0.25) is 0 Å². The molecule has 0 aliphatic rings. The number of rotatable bonds is 5. The highest BCUT2D eigenvalue weighted by atomic mass is 19.4. The monoisotopic (exact) mass is 324 g/mol. The van der Waals surface area contributed by atoms with Crippen molar-refractivity contribution in [2.24, 2.45) is 5.92 Å². The van der Waals surface area contributed by atoms with Crippen LogP contribution < -0.4 is 5.32 Å². The number of hydrogen-bond donors (Lipinski definition) is 2. The first-order valence-electron chi connectivity index (χ1n) is 6.65. The number of amides is 1. The molecule has 7 heteroatoms. The number of nitrogens with one attached hydrogen (secondary N) is 1. The summed E-state index contributed by atoms with van der Waals surface area (Å²) in [5, 5.41) is 21.6. The van der Waals surface area contributed by atoms with Crippen LogP contribution in [0.25, 0.3) is 0 Å². The summed E-state index contributed by atoms with van der Waals surface area (Å²) in [6.07, 6.45) is 0.837. The number of halogens is 3. The van der Waals surface area contributed by atoms with Crippen molar-refractivity contribution < 1.29 is 23.1 Å². The topological polar surface area (TPSA) is 73.1 Å². The molecule has 0 spiro atoms. The third-order valence-electron chi connectivity index (χ3n) is 3.27. The molecule has 1 rings (SSSR count). The number of terminal acetylenes is 1. The zero-order chi connectivity index (χ0) is 17.7. The van der Waals surface area contributed by atoms with E-state index in [1.165, 1.54) is 6.92 Å². The molecule has 0 saturated carbocycles. The summed E-state index contributed by atoms with van der Waals surface area (Å²) in [7, 11) is 0. The molecule has 1 aromatic carbocycles. The minimum absolute atomic E-state index is 0.0438. The maximum Gasteiger partial charge on any atom is 0.416 e. The summed E-state index contributed by atoms with van der Waals surface area (Å²) >= 11 is 0. The van der Waals surface area contributed by atoms with Crippen molar-refractivity contribution in [1.29, 1.82) is 5.26 Å². The van der Waals surface area contributed by atoms with E-state index in [4.69, 9.17) is 11.7 Å². The van der Waals surface area contributed by atoms with Crippen LogP contribution in [-0.4, -0.2) is 16.6 Å². The van der Waals surface area contributed by atoms with Gasteiger partial charge in [-0.15, -0.1) is 12.3 Å². The molecule has 1 aromatic rings. The highest BCUT2D eigenvalue weighted by molar-refractivity contribution is 5.95. The molecule has 23 heavy (non-hydrogen) atoms. The maximum absolute atomic E-state index is 12.5. The van der Waals surface area contributed by atoms with Crippen molar-refractivity contribution in [2.75, 3.05) is 5.32 Å². The molecule has 0 aliphatic heterocycles. The summed E-state index contributed by atoms with van der Waals surface area (Å²) in [5.74, 6) is 0.0887. The molecule has 2 unspecified atom stereocenters. The Hall–Kier alpha value is -2.51. The molecule has 0 fully saturated rings. The Kier molecular flexibility index (Phi) is 5.78. The van der Waals surface area contributed by atoms with E-state index >= 15 is 0 Å². The van der Waals surface area contributed by atoms with Crippen LogP contribution in [-0.2, 0) is 11.0 Å². The SMILES string of the molecule is C#CCCC(C)(O)C(C#N)C(=O)Nc1ccc(C(F)(F)F)cc1. The van der Waals surface area contributed by atoms with Crippen LogP contribution in [0.5, 0.6) is 0 Å². The predicted molar refractivity (Wildman–Crippen MR) is 77.9 cm³/mol. The van der Waals surface area contributed by atoms with E-state index < -0.39 is 29.2 Å². The molecule has 0 radical (unpaired) electrons. The van der Waals surface area contributed by atoms with Crippen LogP contribution in [0.15, 0.2) is 24.3 Å². The van der Waals surface area contributed by atoms with Crippen molar-refractivity contribution in [2.45, 2.75) is 31.5 Å². The fourth-order valence-corrected chi connectivity index (χ4v) is 1.91. The van der Waals surface area contributed by atoms with Gasteiger partial charge in [0.2, 0.25) is 5.91 Å². The normalized spacial score (nSPS) is 14.9. The Morgan fingerprint density at radius 1 is 1.39 bits per heavy atom. The van der Waals surface area contributed by atoms with Crippen molar-refractivity contribution in [3.8, 4) is 18.4 Å². The number of aliphatic hydroxyl groups is 1. The number of hydrogen-bond acceptors (Lipinski definition) is 3. The Labute approximate surface area is 131 Å². The van der Waals surface area contributed by atoms with E-state index in [9.17, 15) is 23.1 Å². The van der Waals surface area contributed by atoms with E-state index in [-0.39, 0.29) is 18.5 Å². The van der Waals surface area contributed by atoms with Gasteiger partial charge in [0.25, 0.3) is 0 Å². The van der Waals surface area contributed by atoms with Gasteiger partial charge in [-0.1, -0.05) is 0 Å². The second-order valence-corrected chi connectivity index (χ2v) is 5.19. The number of carbonyl (C=O) groups excluding carboxylic acids is 1. The molecule has 122 valence electrons. The Balaban J connectivity index is 2.85. The Morgan fingerprint density at radius 2 is 1.96 bits per heavy atom. The first kappa shape index (κ1) is 18.5. The number of benzene rings is 1. The van der Waals surface area contributed by atoms with E-state index in [1.54, 1.807) is 6.07 Å². The van der Waals surface area contributed by atoms with Gasteiger partial charge in [0, 0.05) is 12.1 Å². The summed E-state index contributed by atoms with van der Waals surface area (Å²) in [6, 6.07) is 5.47. The van der Waals surface area contributed by atoms with E-state index in [1.807, 2.05) is 0 Å². The number of carbonyl (C=O) groups is 1. The third kappa shape index (κ3) is 5.01. The largest absolute Gasteiger partial charge is 0.416 e. The minimum atomic E-state index is -4.48. The van der Waals surface area contributed by atoms with Crippen LogP contribution >= 0.6 is 0 Å². The Morgan fingerprint density at radius 3 is 2.39 bits per heavy atom. The van der Waals surface area contributed by atoms with Crippen molar-refractivity contribution >= 4 is 11.6 Å². The Bertz CT molecular complexity index is 637. The maximum atomic E-state index is 12.5. The average Bonchev–Trinajstić information content (AvgIpc) is 2.45. The molecule has 0 aromatic heterocycles. The lowest BCUT2D eigenvalue weighted by atomic mass is 9.85. The van der Waals surface area contributed by atoms with Gasteiger partial charge in [-0.3, -0.25) is 4.79 Å². The first-order chi connectivity index (χ1) is 10.6. The molecule has 0 heterocycles. The van der Waals surface area contributed by atoms with Gasteiger partial charge in [-0.25, -0.2) is 0 Å². The lowest BCUT2D eigenvalue weighted by Gasteiger charge is -2.26. The second-order valence-electron chi connectivity index (χ2n) is 5.19. The third-order valence-corrected chi connectivity index (χ3v) is 3.27. The molecule has 4 nitrogen and oxygen atoms in total. The zero-order valence-corrected chi connectivity index (χ0v) is 12.3. The number of nitriles is 1.